The van der Waals surface area contributed by atoms with E-state index in [2.05, 4.69) is 176 Å². The molecule has 0 fully saturated rings. The van der Waals surface area contributed by atoms with Gasteiger partial charge in [-0.1, -0.05) is 121 Å². The van der Waals surface area contributed by atoms with E-state index in [0.717, 1.165) is 77.7 Å². The maximum absolute atomic E-state index is 5.33. The minimum absolute atomic E-state index is 0.921. The van der Waals surface area contributed by atoms with E-state index in [1.54, 1.807) is 0 Å². The van der Waals surface area contributed by atoms with Gasteiger partial charge in [0.05, 0.1) is 22.8 Å². The number of hydrogen-bond acceptors (Lipinski definition) is 3. The second kappa shape index (κ2) is 12.4. The molecule has 0 amide bonds. The molecule has 10 rings (SSSR count). The van der Waals surface area contributed by atoms with Crippen LogP contribution >= 0.6 is 0 Å². The first-order valence-corrected chi connectivity index (χ1v) is 17.6. The van der Waals surface area contributed by atoms with Gasteiger partial charge in [0, 0.05) is 45.4 Å². The SMILES string of the molecule is c1ccc2cc(-c3cc(-c4cc(-c5nccc6ccccc56)cc(-c5nccc6ccccc56)c4)cc(-c4ccc5ccccc5c4)n3)ccc2c1. The molecule has 0 atom stereocenters. The maximum atomic E-state index is 5.33. The van der Waals surface area contributed by atoms with Crippen molar-refractivity contribution in [3.8, 4) is 56.2 Å². The molecule has 10 aromatic rings. The van der Waals surface area contributed by atoms with Crippen molar-refractivity contribution in [2.75, 3.05) is 0 Å². The normalized spacial score (nSPS) is 11.5. The van der Waals surface area contributed by atoms with E-state index in [4.69, 9.17) is 15.0 Å². The van der Waals surface area contributed by atoms with Crippen LogP contribution in [0.3, 0.4) is 0 Å². The molecule has 242 valence electrons. The first-order chi connectivity index (χ1) is 25.7. The van der Waals surface area contributed by atoms with E-state index in [-0.39, 0.29) is 0 Å². The summed E-state index contributed by atoms with van der Waals surface area (Å²) in [6.07, 6.45) is 3.81. The number of aromatic nitrogens is 3. The Morgan fingerprint density at radius 1 is 0.269 bits per heavy atom. The summed E-state index contributed by atoms with van der Waals surface area (Å²) in [5.74, 6) is 0. The largest absolute Gasteiger partial charge is 0.256 e. The van der Waals surface area contributed by atoms with Gasteiger partial charge in [-0.05, 0) is 98.0 Å². The molecule has 0 aliphatic carbocycles. The number of hydrogen-bond donors (Lipinski definition) is 0. The number of benzene rings is 7. The van der Waals surface area contributed by atoms with Crippen LogP contribution in [0.15, 0.2) is 188 Å². The van der Waals surface area contributed by atoms with Crippen LogP contribution in [0.1, 0.15) is 0 Å². The number of nitrogens with zero attached hydrogens (tertiary/aromatic N) is 3. The minimum Gasteiger partial charge on any atom is -0.256 e. The molecule has 3 nitrogen and oxygen atoms in total. The molecule has 0 N–H and O–H groups in total. The Hall–Kier alpha value is -6.97. The highest BCUT2D eigenvalue weighted by atomic mass is 14.7. The van der Waals surface area contributed by atoms with E-state index in [9.17, 15) is 0 Å². The van der Waals surface area contributed by atoms with E-state index in [1.165, 1.54) is 21.5 Å². The second-order valence-corrected chi connectivity index (χ2v) is 13.3. The van der Waals surface area contributed by atoms with E-state index in [1.807, 2.05) is 12.4 Å². The zero-order valence-corrected chi connectivity index (χ0v) is 28.2. The lowest BCUT2D eigenvalue weighted by Crippen LogP contribution is -1.94. The Labute approximate surface area is 301 Å². The van der Waals surface area contributed by atoms with Crippen LogP contribution in [-0.2, 0) is 0 Å². The molecular formula is C49H31N3. The third kappa shape index (κ3) is 5.37. The van der Waals surface area contributed by atoms with Crippen LogP contribution in [0.25, 0.3) is 99.2 Å². The summed E-state index contributed by atoms with van der Waals surface area (Å²) in [5, 5.41) is 9.33. The van der Waals surface area contributed by atoms with Crippen molar-refractivity contribution in [3.05, 3.63) is 188 Å². The van der Waals surface area contributed by atoms with Crippen molar-refractivity contribution >= 4 is 43.1 Å². The molecule has 0 aliphatic rings. The fraction of sp³-hybridized carbons (Fsp3) is 0. The Kier molecular flexibility index (Phi) is 7.14. The van der Waals surface area contributed by atoms with Crippen molar-refractivity contribution in [2.24, 2.45) is 0 Å². The summed E-state index contributed by atoms with van der Waals surface area (Å²) in [4.78, 5) is 15.3. The third-order valence-corrected chi connectivity index (χ3v) is 10.1. The van der Waals surface area contributed by atoms with Gasteiger partial charge in [0.15, 0.2) is 0 Å². The third-order valence-electron chi connectivity index (χ3n) is 10.1. The molecule has 0 saturated carbocycles. The molecule has 0 radical (unpaired) electrons. The summed E-state index contributed by atoms with van der Waals surface area (Å²) in [6.45, 7) is 0. The van der Waals surface area contributed by atoms with Crippen molar-refractivity contribution in [1.29, 1.82) is 0 Å². The van der Waals surface area contributed by atoms with Gasteiger partial charge in [0.1, 0.15) is 0 Å². The molecular weight excluding hydrogens is 631 g/mol. The van der Waals surface area contributed by atoms with Gasteiger partial charge in [-0.15, -0.1) is 0 Å². The van der Waals surface area contributed by atoms with Crippen molar-refractivity contribution < 1.29 is 0 Å². The molecule has 52 heavy (non-hydrogen) atoms. The summed E-state index contributed by atoms with van der Waals surface area (Å²) >= 11 is 0. The zero-order chi connectivity index (χ0) is 34.4. The lowest BCUT2D eigenvalue weighted by molar-refractivity contribution is 1.32. The van der Waals surface area contributed by atoms with E-state index < -0.39 is 0 Å². The highest BCUT2D eigenvalue weighted by Crippen LogP contribution is 2.39. The number of pyridine rings is 3. The smallest absolute Gasteiger partial charge is 0.0780 e. The molecule has 3 heterocycles. The molecule has 3 aromatic heterocycles. The molecule has 7 aromatic carbocycles. The fourth-order valence-electron chi connectivity index (χ4n) is 7.46. The summed E-state index contributed by atoms with van der Waals surface area (Å²) < 4.78 is 0. The molecule has 0 saturated heterocycles. The quantitative estimate of drug-likeness (QED) is 0.184. The first-order valence-electron chi connectivity index (χ1n) is 17.6. The van der Waals surface area contributed by atoms with Crippen LogP contribution in [-0.4, -0.2) is 15.0 Å². The van der Waals surface area contributed by atoms with Crippen LogP contribution in [0.5, 0.6) is 0 Å². The lowest BCUT2D eigenvalue weighted by atomic mass is 9.92. The van der Waals surface area contributed by atoms with Gasteiger partial charge in [0.25, 0.3) is 0 Å². The zero-order valence-electron chi connectivity index (χ0n) is 28.2. The van der Waals surface area contributed by atoms with Crippen LogP contribution in [0, 0.1) is 0 Å². The Morgan fingerprint density at radius 2 is 0.673 bits per heavy atom. The molecule has 0 aliphatic heterocycles. The number of fused-ring (bicyclic) bond motifs is 4. The first kappa shape index (κ1) is 29.9. The summed E-state index contributed by atoms with van der Waals surface area (Å²) in [7, 11) is 0. The van der Waals surface area contributed by atoms with Crippen LogP contribution in [0.2, 0.25) is 0 Å². The van der Waals surface area contributed by atoms with E-state index in [0.29, 0.717) is 0 Å². The van der Waals surface area contributed by atoms with Gasteiger partial charge in [-0.3, -0.25) is 9.97 Å². The highest BCUT2D eigenvalue weighted by molar-refractivity contribution is 5.99. The second-order valence-electron chi connectivity index (χ2n) is 13.3. The van der Waals surface area contributed by atoms with Gasteiger partial charge in [-0.25, -0.2) is 4.98 Å². The number of rotatable bonds is 5. The van der Waals surface area contributed by atoms with Crippen molar-refractivity contribution in [2.45, 2.75) is 0 Å². The van der Waals surface area contributed by atoms with E-state index >= 15 is 0 Å². The highest BCUT2D eigenvalue weighted by Gasteiger charge is 2.16. The minimum atomic E-state index is 0.921. The Balaban J connectivity index is 1.24. The fourth-order valence-corrected chi connectivity index (χ4v) is 7.46. The van der Waals surface area contributed by atoms with Gasteiger partial charge in [0.2, 0.25) is 0 Å². The van der Waals surface area contributed by atoms with Gasteiger partial charge in [-0.2, -0.15) is 0 Å². The molecule has 3 heteroatoms. The Bertz CT molecular complexity index is 2770. The maximum Gasteiger partial charge on any atom is 0.0780 e. The molecule has 0 unspecified atom stereocenters. The van der Waals surface area contributed by atoms with Crippen molar-refractivity contribution in [3.63, 3.8) is 0 Å². The average molecular weight is 662 g/mol. The monoisotopic (exact) mass is 661 g/mol. The van der Waals surface area contributed by atoms with Crippen molar-refractivity contribution in [1.82, 2.24) is 15.0 Å². The molecule has 0 bridgehead atoms. The van der Waals surface area contributed by atoms with Gasteiger partial charge >= 0.3 is 0 Å². The van der Waals surface area contributed by atoms with Crippen LogP contribution in [0.4, 0.5) is 0 Å². The van der Waals surface area contributed by atoms with Gasteiger partial charge < -0.3 is 0 Å². The van der Waals surface area contributed by atoms with Crippen LogP contribution < -0.4 is 0 Å². The standard InChI is InChI=1S/C49H31N3/c1-3-13-36-25-38(19-17-32(36)9-1)46-30-41(31-47(52-46)39-20-18-33-10-2-4-14-37(33)26-39)40-27-42(48-44-15-7-5-11-34(44)21-23-50-48)29-43(28-40)49-45-16-8-6-12-35(45)22-24-51-49/h1-31H. The summed E-state index contributed by atoms with van der Waals surface area (Å²) in [5.41, 5.74) is 10.1. The predicted octanol–water partition coefficient (Wildman–Crippen LogP) is 12.8. The average Bonchev–Trinajstić information content (AvgIpc) is 3.22. The topological polar surface area (TPSA) is 38.7 Å². The predicted molar refractivity (Wildman–Crippen MR) is 217 cm³/mol. The lowest BCUT2D eigenvalue weighted by Gasteiger charge is -2.15. The summed E-state index contributed by atoms with van der Waals surface area (Å²) in [6, 6.07) is 62.5. The molecule has 0 spiro atoms. The Morgan fingerprint density at radius 3 is 1.17 bits per heavy atom.